The number of ether oxygens (including phenoxy) is 2. The van der Waals surface area contributed by atoms with E-state index >= 15 is 0 Å². The van der Waals surface area contributed by atoms with Crippen LogP contribution in [0.25, 0.3) is 0 Å². The molecule has 120 valence electrons. The van der Waals surface area contributed by atoms with Gasteiger partial charge in [-0.2, -0.15) is 0 Å². The first-order chi connectivity index (χ1) is 11.1. The highest BCUT2D eigenvalue weighted by atomic mass is 17.2. The number of methoxy groups -OCH3 is 2. The van der Waals surface area contributed by atoms with E-state index < -0.39 is 11.9 Å². The third-order valence-electron chi connectivity index (χ3n) is 6.39. The molecule has 6 unspecified atom stereocenters. The van der Waals surface area contributed by atoms with Crippen molar-refractivity contribution in [1.82, 2.24) is 0 Å². The lowest BCUT2D eigenvalue weighted by Crippen LogP contribution is -2.57. The van der Waals surface area contributed by atoms with Crippen molar-refractivity contribution in [1.29, 1.82) is 0 Å². The van der Waals surface area contributed by atoms with Gasteiger partial charge in [-0.25, -0.2) is 19.4 Å². The Kier molecular flexibility index (Phi) is 2.31. The highest BCUT2D eigenvalue weighted by Crippen LogP contribution is 2.84. The topological polar surface area (TPSA) is 71.1 Å². The van der Waals surface area contributed by atoms with Crippen LogP contribution < -0.4 is 0 Å². The van der Waals surface area contributed by atoms with Gasteiger partial charge in [0.05, 0.1) is 25.4 Å². The van der Waals surface area contributed by atoms with Crippen molar-refractivity contribution in [2.75, 3.05) is 14.2 Å². The minimum Gasteiger partial charge on any atom is -0.466 e. The van der Waals surface area contributed by atoms with Gasteiger partial charge in [-0.1, -0.05) is 24.3 Å². The summed E-state index contributed by atoms with van der Waals surface area (Å²) in [5.41, 5.74) is 0.407. The number of fused-ring (bicyclic) bond motifs is 1. The minimum absolute atomic E-state index is 0.205. The number of esters is 2. The van der Waals surface area contributed by atoms with E-state index in [2.05, 4.69) is 0 Å². The van der Waals surface area contributed by atoms with Crippen LogP contribution in [0.5, 0.6) is 0 Å². The minimum atomic E-state index is -0.467. The third kappa shape index (κ3) is 1.20. The van der Waals surface area contributed by atoms with Crippen LogP contribution in [0, 0.1) is 22.7 Å². The molecule has 1 saturated heterocycles. The van der Waals surface area contributed by atoms with Gasteiger partial charge in [0, 0.05) is 22.7 Å². The van der Waals surface area contributed by atoms with Crippen molar-refractivity contribution in [3.8, 4) is 0 Å². The summed E-state index contributed by atoms with van der Waals surface area (Å²) in [7, 11) is 2.67. The normalized spacial score (nSPS) is 47.2. The number of carbonyl (C=O) groups is 2. The first-order valence-corrected chi connectivity index (χ1v) is 7.71. The summed E-state index contributed by atoms with van der Waals surface area (Å²) < 4.78 is 9.92. The highest BCUT2D eigenvalue weighted by Gasteiger charge is 2.86. The molecular formula is C17H16O6. The fourth-order valence-corrected chi connectivity index (χ4v) is 5.53. The van der Waals surface area contributed by atoms with Gasteiger partial charge in [0.25, 0.3) is 0 Å². The van der Waals surface area contributed by atoms with E-state index in [1.165, 1.54) is 14.2 Å². The standard InChI is InChI=1S/C17H16O6/c1-20-14(18)12-8-3-4-9(13(12)15(19)21-2)17-7-16(8,17)10-5-6-11(17)23-22-10/h3-6,8-11H,7H2,1-2H3. The van der Waals surface area contributed by atoms with Gasteiger partial charge in [-0.15, -0.1) is 0 Å². The molecule has 0 radical (unpaired) electrons. The molecule has 2 heterocycles. The van der Waals surface area contributed by atoms with Crippen LogP contribution in [0.4, 0.5) is 0 Å². The molecule has 2 fully saturated rings. The van der Waals surface area contributed by atoms with Gasteiger partial charge in [0.2, 0.25) is 0 Å². The van der Waals surface area contributed by atoms with E-state index in [0.717, 1.165) is 6.42 Å². The van der Waals surface area contributed by atoms with Crippen molar-refractivity contribution in [2.24, 2.45) is 22.7 Å². The second-order valence-electron chi connectivity index (χ2n) is 6.83. The Labute approximate surface area is 132 Å². The van der Waals surface area contributed by atoms with Gasteiger partial charge in [-0.05, 0) is 6.42 Å². The number of carbonyl (C=O) groups excluding carboxylic acids is 2. The van der Waals surface area contributed by atoms with E-state index in [0.29, 0.717) is 11.1 Å². The zero-order valence-corrected chi connectivity index (χ0v) is 12.8. The van der Waals surface area contributed by atoms with Crippen LogP contribution in [-0.4, -0.2) is 38.4 Å². The van der Waals surface area contributed by atoms with E-state index in [9.17, 15) is 9.59 Å². The fourth-order valence-electron chi connectivity index (χ4n) is 5.53. The maximum absolute atomic E-state index is 12.4. The van der Waals surface area contributed by atoms with Gasteiger partial charge < -0.3 is 9.47 Å². The van der Waals surface area contributed by atoms with Gasteiger partial charge >= 0.3 is 11.9 Å². The Bertz CT molecular complexity index is 675. The van der Waals surface area contributed by atoms with Crippen LogP contribution >= 0.6 is 0 Å². The van der Waals surface area contributed by atoms with Crippen molar-refractivity contribution < 1.29 is 28.8 Å². The molecule has 0 aromatic rings. The number of allylic oxidation sites excluding steroid dienone is 2. The second kappa shape index (κ2) is 3.94. The summed E-state index contributed by atoms with van der Waals surface area (Å²) in [6.45, 7) is 0. The molecule has 0 N–H and O–H groups in total. The molecule has 6 heteroatoms. The molecule has 4 bridgehead atoms. The van der Waals surface area contributed by atoms with Crippen LogP contribution in [-0.2, 0) is 28.8 Å². The zero-order chi connectivity index (χ0) is 16.0. The van der Waals surface area contributed by atoms with Crippen LogP contribution in [0.15, 0.2) is 35.5 Å². The number of hydrogen-bond acceptors (Lipinski definition) is 6. The Morgan fingerprint density at radius 3 is 1.70 bits per heavy atom. The fraction of sp³-hybridized carbons (Fsp3) is 0.529. The lowest BCUT2D eigenvalue weighted by molar-refractivity contribution is -0.394. The first-order valence-electron chi connectivity index (χ1n) is 7.71. The molecule has 0 spiro atoms. The molecule has 0 amide bonds. The molecule has 6 atom stereocenters. The molecule has 7 aliphatic rings. The van der Waals surface area contributed by atoms with E-state index in [1.807, 2.05) is 24.3 Å². The quantitative estimate of drug-likeness (QED) is 0.431. The number of rotatable bonds is 2. The maximum Gasteiger partial charge on any atom is 0.334 e. The predicted octanol–water partition coefficient (Wildman–Crippen LogP) is 1.09. The van der Waals surface area contributed by atoms with E-state index in [1.54, 1.807) is 0 Å². The first kappa shape index (κ1) is 13.5. The molecular weight excluding hydrogens is 300 g/mol. The highest BCUT2D eigenvalue weighted by molar-refractivity contribution is 6.03. The Morgan fingerprint density at radius 1 is 0.913 bits per heavy atom. The summed E-state index contributed by atoms with van der Waals surface area (Å²) in [5.74, 6) is -1.36. The molecule has 2 aliphatic heterocycles. The Hall–Kier alpha value is -1.92. The van der Waals surface area contributed by atoms with E-state index in [-0.39, 0.29) is 34.9 Å². The predicted molar refractivity (Wildman–Crippen MR) is 75.5 cm³/mol. The number of hydrogen-bond donors (Lipinski definition) is 0. The second-order valence-corrected chi connectivity index (χ2v) is 6.83. The maximum atomic E-state index is 12.4. The van der Waals surface area contributed by atoms with Crippen LogP contribution in [0.2, 0.25) is 0 Å². The monoisotopic (exact) mass is 316 g/mol. The SMILES string of the molecule is COC(=O)C1=C(C(=O)OC)C2C=CC1C13CC21C1C=CC3OO1. The Morgan fingerprint density at radius 2 is 1.35 bits per heavy atom. The largest absolute Gasteiger partial charge is 0.466 e. The molecule has 1 saturated carbocycles. The average Bonchev–Trinajstić information content (AvgIpc) is 3.37. The third-order valence-corrected chi connectivity index (χ3v) is 6.39. The molecule has 5 aliphatic carbocycles. The van der Waals surface area contributed by atoms with Gasteiger partial charge in [0.15, 0.2) is 0 Å². The molecule has 0 aromatic carbocycles. The lowest BCUT2D eigenvalue weighted by Gasteiger charge is -2.53. The summed E-state index contributed by atoms with van der Waals surface area (Å²) in [5, 5.41) is 0. The molecule has 7 rings (SSSR count). The van der Waals surface area contributed by atoms with Crippen LogP contribution in [0.3, 0.4) is 0 Å². The van der Waals surface area contributed by atoms with Crippen molar-refractivity contribution in [2.45, 2.75) is 18.6 Å². The van der Waals surface area contributed by atoms with Crippen molar-refractivity contribution >= 4 is 11.9 Å². The summed E-state index contributed by atoms with van der Waals surface area (Å²) in [6, 6.07) is 0. The molecule has 23 heavy (non-hydrogen) atoms. The summed E-state index contributed by atoms with van der Waals surface area (Å²) in [6.07, 6.45) is 8.51. The summed E-state index contributed by atoms with van der Waals surface area (Å²) in [4.78, 5) is 35.9. The average molecular weight is 316 g/mol. The molecule has 0 aromatic heterocycles. The summed E-state index contributed by atoms with van der Waals surface area (Å²) >= 11 is 0. The molecule has 6 nitrogen and oxygen atoms in total. The smallest absolute Gasteiger partial charge is 0.334 e. The van der Waals surface area contributed by atoms with Crippen molar-refractivity contribution in [3.63, 3.8) is 0 Å². The zero-order valence-electron chi connectivity index (χ0n) is 12.8. The lowest BCUT2D eigenvalue weighted by atomic mass is 9.55. The van der Waals surface area contributed by atoms with Gasteiger partial charge in [-0.3, -0.25) is 0 Å². The Balaban J connectivity index is 1.75. The van der Waals surface area contributed by atoms with Gasteiger partial charge in [0.1, 0.15) is 12.2 Å². The van der Waals surface area contributed by atoms with Crippen LogP contribution in [0.1, 0.15) is 6.42 Å². The van der Waals surface area contributed by atoms with Crippen molar-refractivity contribution in [3.05, 3.63) is 35.5 Å². The van der Waals surface area contributed by atoms with E-state index in [4.69, 9.17) is 19.2 Å².